The van der Waals surface area contributed by atoms with E-state index in [9.17, 15) is 0 Å². The molecule has 1 rings (SSSR count). The fourth-order valence-electron chi connectivity index (χ4n) is 1.09. The van der Waals surface area contributed by atoms with Gasteiger partial charge in [-0.15, -0.1) is 0 Å². The van der Waals surface area contributed by atoms with Crippen LogP contribution in [-0.4, -0.2) is 31.3 Å². The standard InChI is InChI=1S/C10H16BrN3O/c1-8-6-9(11)10(14-7-8)13-3-5-15-4-2-12/h6-7H,2-5,12H2,1H3,(H,13,14). The van der Waals surface area contributed by atoms with Gasteiger partial charge in [-0.3, -0.25) is 0 Å². The monoisotopic (exact) mass is 273 g/mol. The van der Waals surface area contributed by atoms with Crippen LogP contribution in [0.4, 0.5) is 5.82 Å². The number of nitrogens with two attached hydrogens (primary N) is 1. The molecule has 0 spiro atoms. The maximum atomic E-state index is 5.30. The van der Waals surface area contributed by atoms with Crippen molar-refractivity contribution in [3.8, 4) is 0 Å². The Labute approximate surface area is 98.3 Å². The molecule has 1 heterocycles. The van der Waals surface area contributed by atoms with Gasteiger partial charge in [-0.1, -0.05) is 0 Å². The smallest absolute Gasteiger partial charge is 0.140 e. The summed E-state index contributed by atoms with van der Waals surface area (Å²) in [5.74, 6) is 0.844. The molecule has 5 heteroatoms. The fourth-order valence-corrected chi connectivity index (χ4v) is 1.69. The molecule has 0 amide bonds. The molecule has 0 bridgehead atoms. The second kappa shape index (κ2) is 6.76. The lowest BCUT2D eigenvalue weighted by molar-refractivity contribution is 0.151. The summed E-state index contributed by atoms with van der Waals surface area (Å²) >= 11 is 3.44. The summed E-state index contributed by atoms with van der Waals surface area (Å²) in [5, 5.41) is 3.18. The van der Waals surface area contributed by atoms with Crippen molar-refractivity contribution in [2.45, 2.75) is 6.92 Å². The predicted molar refractivity (Wildman–Crippen MR) is 65.0 cm³/mol. The summed E-state index contributed by atoms with van der Waals surface area (Å²) < 4.78 is 6.21. The van der Waals surface area contributed by atoms with Gasteiger partial charge in [0.05, 0.1) is 17.7 Å². The Morgan fingerprint density at radius 3 is 3.00 bits per heavy atom. The van der Waals surface area contributed by atoms with Crippen LogP contribution in [0.5, 0.6) is 0 Å². The number of aromatic nitrogens is 1. The molecule has 0 atom stereocenters. The average molecular weight is 274 g/mol. The molecule has 0 aromatic carbocycles. The predicted octanol–water partition coefficient (Wildman–Crippen LogP) is 1.54. The largest absolute Gasteiger partial charge is 0.378 e. The zero-order valence-electron chi connectivity index (χ0n) is 8.79. The SMILES string of the molecule is Cc1cnc(NCCOCCN)c(Br)c1. The molecule has 0 aliphatic carbocycles. The van der Waals surface area contributed by atoms with E-state index in [1.165, 1.54) is 0 Å². The number of halogens is 1. The van der Waals surface area contributed by atoms with Crippen molar-refractivity contribution in [2.24, 2.45) is 5.73 Å². The lowest BCUT2D eigenvalue weighted by Gasteiger charge is -2.08. The lowest BCUT2D eigenvalue weighted by Crippen LogP contribution is -2.15. The van der Waals surface area contributed by atoms with E-state index in [-0.39, 0.29) is 0 Å². The van der Waals surface area contributed by atoms with Gasteiger partial charge in [0.15, 0.2) is 0 Å². The highest BCUT2D eigenvalue weighted by Gasteiger charge is 1.99. The van der Waals surface area contributed by atoms with Crippen molar-refractivity contribution in [3.63, 3.8) is 0 Å². The molecule has 3 N–H and O–H groups in total. The third kappa shape index (κ3) is 4.59. The van der Waals surface area contributed by atoms with Gasteiger partial charge in [-0.05, 0) is 34.5 Å². The number of rotatable bonds is 6. The van der Waals surface area contributed by atoms with Gasteiger partial charge in [0.25, 0.3) is 0 Å². The number of aryl methyl sites for hydroxylation is 1. The Bertz CT molecular complexity index is 307. The molecular formula is C10H16BrN3O. The average Bonchev–Trinajstić information content (AvgIpc) is 2.20. The summed E-state index contributed by atoms with van der Waals surface area (Å²) in [6, 6.07) is 2.02. The number of nitrogens with one attached hydrogen (secondary N) is 1. The molecule has 4 nitrogen and oxygen atoms in total. The van der Waals surface area contributed by atoms with Crippen LogP contribution in [-0.2, 0) is 4.74 Å². The number of hydrogen-bond donors (Lipinski definition) is 2. The van der Waals surface area contributed by atoms with E-state index in [0.29, 0.717) is 19.8 Å². The molecule has 0 saturated carbocycles. The molecule has 0 aliphatic rings. The molecule has 15 heavy (non-hydrogen) atoms. The first-order valence-electron chi connectivity index (χ1n) is 4.88. The van der Waals surface area contributed by atoms with Crippen LogP contribution in [0.25, 0.3) is 0 Å². The summed E-state index contributed by atoms with van der Waals surface area (Å²) in [6.45, 7) is 4.54. The summed E-state index contributed by atoms with van der Waals surface area (Å²) in [5.41, 5.74) is 6.43. The van der Waals surface area contributed by atoms with Crippen LogP contribution in [0.15, 0.2) is 16.7 Å². The third-order valence-electron chi connectivity index (χ3n) is 1.78. The normalized spacial score (nSPS) is 10.3. The Morgan fingerprint density at radius 1 is 1.53 bits per heavy atom. The van der Waals surface area contributed by atoms with Gasteiger partial charge in [0.1, 0.15) is 5.82 Å². The summed E-state index contributed by atoms with van der Waals surface area (Å²) in [6.07, 6.45) is 1.83. The van der Waals surface area contributed by atoms with E-state index in [0.717, 1.165) is 22.4 Å². The van der Waals surface area contributed by atoms with Crippen molar-refractivity contribution in [1.29, 1.82) is 0 Å². The fraction of sp³-hybridized carbons (Fsp3) is 0.500. The first kappa shape index (κ1) is 12.4. The van der Waals surface area contributed by atoms with E-state index in [1.807, 2.05) is 19.2 Å². The zero-order valence-corrected chi connectivity index (χ0v) is 10.4. The minimum absolute atomic E-state index is 0.562. The van der Waals surface area contributed by atoms with Gasteiger partial charge in [-0.25, -0.2) is 4.98 Å². The van der Waals surface area contributed by atoms with Crippen molar-refractivity contribution in [2.75, 3.05) is 31.6 Å². The van der Waals surface area contributed by atoms with Crippen LogP contribution in [0.2, 0.25) is 0 Å². The molecule has 1 aromatic heterocycles. The van der Waals surface area contributed by atoms with E-state index < -0.39 is 0 Å². The van der Waals surface area contributed by atoms with Gasteiger partial charge < -0.3 is 15.8 Å². The van der Waals surface area contributed by atoms with Crippen molar-refractivity contribution in [3.05, 3.63) is 22.3 Å². The molecule has 0 aliphatic heterocycles. The molecule has 0 unspecified atom stereocenters. The van der Waals surface area contributed by atoms with Crippen molar-refractivity contribution >= 4 is 21.7 Å². The first-order chi connectivity index (χ1) is 7.24. The van der Waals surface area contributed by atoms with E-state index >= 15 is 0 Å². The number of nitrogens with zero attached hydrogens (tertiary/aromatic N) is 1. The Kier molecular flexibility index (Phi) is 5.60. The van der Waals surface area contributed by atoms with Crippen LogP contribution in [0.3, 0.4) is 0 Å². The Hall–Kier alpha value is -0.650. The second-order valence-corrected chi connectivity index (χ2v) is 4.03. The van der Waals surface area contributed by atoms with Crippen molar-refractivity contribution in [1.82, 2.24) is 4.98 Å². The minimum atomic E-state index is 0.562. The number of ether oxygens (including phenoxy) is 1. The van der Waals surface area contributed by atoms with Crippen LogP contribution >= 0.6 is 15.9 Å². The van der Waals surface area contributed by atoms with E-state index in [1.54, 1.807) is 0 Å². The number of anilines is 1. The Balaban J connectivity index is 2.31. The molecule has 1 aromatic rings. The zero-order chi connectivity index (χ0) is 11.1. The maximum Gasteiger partial charge on any atom is 0.140 e. The first-order valence-corrected chi connectivity index (χ1v) is 5.67. The minimum Gasteiger partial charge on any atom is -0.378 e. The molecular weight excluding hydrogens is 258 g/mol. The molecule has 0 radical (unpaired) electrons. The Morgan fingerprint density at radius 2 is 2.33 bits per heavy atom. The maximum absolute atomic E-state index is 5.30. The van der Waals surface area contributed by atoms with Crippen LogP contribution < -0.4 is 11.1 Å². The molecule has 0 saturated heterocycles. The highest BCUT2D eigenvalue weighted by Crippen LogP contribution is 2.19. The quantitative estimate of drug-likeness (QED) is 0.772. The molecule has 0 fully saturated rings. The molecule has 84 valence electrons. The topological polar surface area (TPSA) is 60.2 Å². The number of hydrogen-bond acceptors (Lipinski definition) is 4. The summed E-state index contributed by atoms with van der Waals surface area (Å²) in [4.78, 5) is 4.26. The summed E-state index contributed by atoms with van der Waals surface area (Å²) in [7, 11) is 0. The van der Waals surface area contributed by atoms with Gasteiger partial charge in [0, 0.05) is 19.3 Å². The van der Waals surface area contributed by atoms with Crippen LogP contribution in [0, 0.1) is 6.92 Å². The third-order valence-corrected chi connectivity index (χ3v) is 2.38. The second-order valence-electron chi connectivity index (χ2n) is 3.17. The van der Waals surface area contributed by atoms with Crippen LogP contribution in [0.1, 0.15) is 5.56 Å². The number of pyridine rings is 1. The van der Waals surface area contributed by atoms with E-state index in [2.05, 4.69) is 26.2 Å². The van der Waals surface area contributed by atoms with E-state index in [4.69, 9.17) is 10.5 Å². The highest BCUT2D eigenvalue weighted by molar-refractivity contribution is 9.10. The van der Waals surface area contributed by atoms with Gasteiger partial charge >= 0.3 is 0 Å². The van der Waals surface area contributed by atoms with Gasteiger partial charge in [-0.2, -0.15) is 0 Å². The lowest BCUT2D eigenvalue weighted by atomic mass is 10.3. The van der Waals surface area contributed by atoms with Gasteiger partial charge in [0.2, 0.25) is 0 Å². The highest BCUT2D eigenvalue weighted by atomic mass is 79.9. The van der Waals surface area contributed by atoms with Crippen molar-refractivity contribution < 1.29 is 4.74 Å².